The van der Waals surface area contributed by atoms with Crippen molar-refractivity contribution in [2.75, 3.05) is 0 Å². The molecule has 3 heterocycles. The predicted molar refractivity (Wildman–Crippen MR) is 93.7 cm³/mol. The Morgan fingerprint density at radius 1 is 1.44 bits per heavy atom. The zero-order valence-corrected chi connectivity index (χ0v) is 15.4. The van der Waals surface area contributed by atoms with Crippen LogP contribution in [0.3, 0.4) is 0 Å². The van der Waals surface area contributed by atoms with Crippen LogP contribution in [0.1, 0.15) is 25.1 Å². The number of aromatic nitrogens is 1. The molecule has 2 saturated heterocycles. The topological polar surface area (TPSA) is 160 Å². The minimum absolute atomic E-state index is 0.0284. The Kier molecular flexibility index (Phi) is 4.22. The summed E-state index contributed by atoms with van der Waals surface area (Å²) in [5.74, 6) is -2.01. The number of hydrogen-bond acceptors (Lipinski definition) is 6. The molecule has 4 N–H and O–H groups in total. The third kappa shape index (κ3) is 2.74. The summed E-state index contributed by atoms with van der Waals surface area (Å²) in [6.07, 6.45) is 2.77. The van der Waals surface area contributed by atoms with E-state index in [-0.39, 0.29) is 12.1 Å². The molecule has 3 amide bonds. The van der Waals surface area contributed by atoms with Crippen LogP contribution in [0.4, 0.5) is 4.79 Å². The summed E-state index contributed by atoms with van der Waals surface area (Å²) in [5, 5.41) is 10.5. The van der Waals surface area contributed by atoms with E-state index >= 15 is 0 Å². The van der Waals surface area contributed by atoms with E-state index in [0.29, 0.717) is 11.3 Å². The number of carboxylic acid groups (broad SMARTS) is 1. The molecule has 0 aromatic carbocycles. The number of rotatable bonds is 4. The number of fused-ring (bicyclic) bond motifs is 1. The van der Waals surface area contributed by atoms with Crippen molar-refractivity contribution >= 4 is 33.8 Å². The van der Waals surface area contributed by atoms with Crippen LogP contribution in [0, 0.1) is 0 Å². The largest absolute Gasteiger partial charge is 0.480 e. The molecule has 11 heteroatoms. The lowest BCUT2D eigenvalue weighted by molar-refractivity contribution is -0.152. The first-order valence-corrected chi connectivity index (χ1v) is 9.52. The van der Waals surface area contributed by atoms with Gasteiger partial charge in [0.15, 0.2) is 21.3 Å². The fourth-order valence-electron chi connectivity index (χ4n) is 3.37. The standard InChI is InChI=1S/C16H18N4O6S/c1-16(2)11(14(22)23)20-12(21)10(13(20)27(16,25)26)6-9-5-8(3-4-18-9)7-19-15(17)24/h3-6,11,13H,7H2,1-2H3,(H,22,23)(H3,17,19,24)/b10-6-/t11-,13+/m0/s1. The molecule has 0 bridgehead atoms. The lowest BCUT2D eigenvalue weighted by Crippen LogP contribution is -2.58. The van der Waals surface area contributed by atoms with E-state index < -0.39 is 43.9 Å². The van der Waals surface area contributed by atoms with Gasteiger partial charge in [-0.15, -0.1) is 0 Å². The van der Waals surface area contributed by atoms with Crippen LogP contribution < -0.4 is 11.1 Å². The minimum Gasteiger partial charge on any atom is -0.480 e. The maximum absolute atomic E-state index is 12.8. The normalized spacial score (nSPS) is 26.4. The van der Waals surface area contributed by atoms with Gasteiger partial charge in [0.25, 0.3) is 5.91 Å². The molecule has 3 rings (SSSR count). The van der Waals surface area contributed by atoms with Crippen LogP contribution in [-0.4, -0.2) is 57.5 Å². The Labute approximate surface area is 155 Å². The molecule has 2 aliphatic heterocycles. The fraction of sp³-hybridized carbons (Fsp3) is 0.375. The van der Waals surface area contributed by atoms with Gasteiger partial charge in [-0.2, -0.15) is 0 Å². The van der Waals surface area contributed by atoms with E-state index in [9.17, 15) is 27.9 Å². The van der Waals surface area contributed by atoms with Crippen molar-refractivity contribution in [2.45, 2.75) is 36.6 Å². The Morgan fingerprint density at radius 3 is 2.70 bits per heavy atom. The van der Waals surface area contributed by atoms with Gasteiger partial charge in [-0.25, -0.2) is 18.0 Å². The van der Waals surface area contributed by atoms with Crippen LogP contribution in [0.5, 0.6) is 0 Å². The second-order valence-electron chi connectivity index (χ2n) is 6.86. The highest BCUT2D eigenvalue weighted by Crippen LogP contribution is 2.48. The van der Waals surface area contributed by atoms with Gasteiger partial charge in [-0.1, -0.05) is 0 Å². The van der Waals surface area contributed by atoms with Gasteiger partial charge in [0.05, 0.1) is 11.3 Å². The van der Waals surface area contributed by atoms with Crippen molar-refractivity contribution < 1.29 is 27.9 Å². The maximum Gasteiger partial charge on any atom is 0.328 e. The summed E-state index contributed by atoms with van der Waals surface area (Å²) < 4.78 is 24.0. The van der Waals surface area contributed by atoms with E-state index in [4.69, 9.17) is 5.73 Å². The van der Waals surface area contributed by atoms with Crippen LogP contribution in [0.15, 0.2) is 23.9 Å². The van der Waals surface area contributed by atoms with E-state index in [1.54, 1.807) is 12.1 Å². The molecular formula is C16H18N4O6S. The molecule has 2 fully saturated rings. The molecule has 10 nitrogen and oxygen atoms in total. The summed E-state index contributed by atoms with van der Waals surface area (Å²) in [6, 6.07) is 1.05. The van der Waals surface area contributed by atoms with Gasteiger partial charge in [0, 0.05) is 12.7 Å². The number of sulfone groups is 1. The number of pyridine rings is 1. The number of primary amides is 1. The SMILES string of the molecule is CC1(C)[C@H](C(=O)O)N2C(=O)/C(=C/c3cc(CNC(N)=O)ccn3)[C@H]2S1(=O)=O. The number of urea groups is 1. The number of nitrogens with two attached hydrogens (primary N) is 1. The Morgan fingerprint density at radius 2 is 2.11 bits per heavy atom. The van der Waals surface area contributed by atoms with Crippen molar-refractivity contribution in [1.82, 2.24) is 15.2 Å². The zero-order valence-electron chi connectivity index (χ0n) is 14.5. The number of carbonyl (C=O) groups is 3. The van der Waals surface area contributed by atoms with E-state index in [2.05, 4.69) is 10.3 Å². The summed E-state index contributed by atoms with van der Waals surface area (Å²) in [4.78, 5) is 39.8. The lowest BCUT2D eigenvalue weighted by Gasteiger charge is -2.37. The second kappa shape index (κ2) is 6.05. The first kappa shape index (κ1) is 18.8. The molecule has 144 valence electrons. The number of nitrogens with zero attached hydrogens (tertiary/aromatic N) is 2. The van der Waals surface area contributed by atoms with E-state index in [0.717, 1.165) is 4.90 Å². The monoisotopic (exact) mass is 394 g/mol. The molecule has 2 atom stereocenters. The van der Waals surface area contributed by atoms with Crippen LogP contribution in [0.25, 0.3) is 6.08 Å². The maximum atomic E-state index is 12.8. The molecule has 27 heavy (non-hydrogen) atoms. The number of carboxylic acids is 1. The highest BCUT2D eigenvalue weighted by Gasteiger charge is 2.70. The number of carbonyl (C=O) groups excluding carboxylic acids is 2. The average Bonchev–Trinajstić information content (AvgIpc) is 2.72. The van der Waals surface area contributed by atoms with Crippen molar-refractivity contribution in [3.05, 3.63) is 35.2 Å². The Hall–Kier alpha value is -2.95. The highest BCUT2D eigenvalue weighted by atomic mass is 32.2. The molecule has 0 unspecified atom stereocenters. The summed E-state index contributed by atoms with van der Waals surface area (Å²) >= 11 is 0. The van der Waals surface area contributed by atoms with Gasteiger partial charge >= 0.3 is 12.0 Å². The number of amides is 3. The van der Waals surface area contributed by atoms with Crippen molar-refractivity contribution in [1.29, 1.82) is 0 Å². The zero-order chi connectivity index (χ0) is 20.1. The van der Waals surface area contributed by atoms with Crippen LogP contribution >= 0.6 is 0 Å². The van der Waals surface area contributed by atoms with Crippen LogP contribution in [-0.2, 0) is 26.0 Å². The number of hydrogen-bond donors (Lipinski definition) is 3. The van der Waals surface area contributed by atoms with Gasteiger partial charge in [-0.3, -0.25) is 9.78 Å². The lowest BCUT2D eigenvalue weighted by atomic mass is 9.95. The summed E-state index contributed by atoms with van der Waals surface area (Å²) in [5.41, 5.74) is 5.95. The van der Waals surface area contributed by atoms with E-state index in [1.165, 1.54) is 26.1 Å². The molecule has 1 aromatic rings. The Balaban J connectivity index is 1.96. The van der Waals surface area contributed by atoms with Gasteiger partial charge < -0.3 is 21.1 Å². The number of nitrogens with one attached hydrogen (secondary N) is 1. The third-order valence-electron chi connectivity index (χ3n) is 4.81. The summed E-state index contributed by atoms with van der Waals surface area (Å²) in [7, 11) is -3.94. The van der Waals surface area contributed by atoms with E-state index in [1.807, 2.05) is 0 Å². The van der Waals surface area contributed by atoms with Gasteiger partial charge in [-0.05, 0) is 37.6 Å². The highest BCUT2D eigenvalue weighted by molar-refractivity contribution is 7.94. The third-order valence-corrected chi connectivity index (χ3v) is 7.57. The van der Waals surface area contributed by atoms with Crippen LogP contribution in [0.2, 0.25) is 0 Å². The molecule has 0 aliphatic carbocycles. The average molecular weight is 394 g/mol. The first-order valence-electron chi connectivity index (χ1n) is 7.97. The first-order chi connectivity index (χ1) is 12.5. The number of β-lactam (4-membered cyclic amide) rings is 1. The Bertz CT molecular complexity index is 984. The van der Waals surface area contributed by atoms with Crippen molar-refractivity contribution in [2.24, 2.45) is 5.73 Å². The molecule has 0 radical (unpaired) electrons. The van der Waals surface area contributed by atoms with Crippen molar-refractivity contribution in [3.8, 4) is 0 Å². The van der Waals surface area contributed by atoms with Gasteiger partial charge in [0.1, 0.15) is 4.75 Å². The smallest absolute Gasteiger partial charge is 0.328 e. The molecule has 2 aliphatic rings. The van der Waals surface area contributed by atoms with Crippen molar-refractivity contribution in [3.63, 3.8) is 0 Å². The molecule has 0 spiro atoms. The molecular weight excluding hydrogens is 376 g/mol. The quantitative estimate of drug-likeness (QED) is 0.457. The fourth-order valence-corrected chi connectivity index (χ4v) is 5.49. The second-order valence-corrected chi connectivity index (χ2v) is 9.45. The predicted octanol–water partition coefficient (Wildman–Crippen LogP) is -0.538. The molecule has 1 aromatic heterocycles. The summed E-state index contributed by atoms with van der Waals surface area (Å²) in [6.45, 7) is 2.75. The minimum atomic E-state index is -3.94. The molecule has 0 saturated carbocycles. The number of aliphatic carboxylic acids is 1. The van der Waals surface area contributed by atoms with Gasteiger partial charge in [0.2, 0.25) is 0 Å².